The van der Waals surface area contributed by atoms with Crippen molar-refractivity contribution in [3.05, 3.63) is 36.0 Å². The van der Waals surface area contributed by atoms with Crippen LogP contribution in [-0.4, -0.2) is 34.9 Å². The van der Waals surface area contributed by atoms with Gasteiger partial charge in [0.15, 0.2) is 0 Å². The van der Waals surface area contributed by atoms with Crippen LogP contribution >= 0.6 is 0 Å². The summed E-state index contributed by atoms with van der Waals surface area (Å²) in [6.07, 6.45) is 2.75. The minimum absolute atomic E-state index is 0.0750. The molecule has 0 radical (unpaired) electrons. The van der Waals surface area contributed by atoms with Gasteiger partial charge in [-0.05, 0) is 18.6 Å². The molecule has 4 heteroatoms. The van der Waals surface area contributed by atoms with E-state index in [1.165, 1.54) is 0 Å². The topological polar surface area (TPSA) is 62.1 Å². The summed E-state index contributed by atoms with van der Waals surface area (Å²) in [6, 6.07) is 7.88. The molecule has 0 aliphatic carbocycles. The van der Waals surface area contributed by atoms with Gasteiger partial charge in [-0.1, -0.05) is 12.1 Å². The largest absolute Gasteiger partial charge is 0.361 e. The number of H-pyrrole nitrogens is 1. The molecule has 1 aliphatic rings. The third kappa shape index (κ3) is 1.70. The van der Waals surface area contributed by atoms with E-state index in [0.717, 1.165) is 29.4 Å². The Morgan fingerprint density at radius 2 is 2.29 bits per heavy atom. The summed E-state index contributed by atoms with van der Waals surface area (Å²) in [5.74, 6) is 0.0750. The monoisotopic (exact) mass is 229 g/mol. The van der Waals surface area contributed by atoms with Gasteiger partial charge in [-0.3, -0.25) is 4.79 Å². The van der Waals surface area contributed by atoms with E-state index in [0.29, 0.717) is 6.54 Å². The molecule has 1 aliphatic heterocycles. The molecule has 88 valence electrons. The minimum atomic E-state index is 0.0750. The highest BCUT2D eigenvalue weighted by atomic mass is 16.2. The Kier molecular flexibility index (Phi) is 2.37. The maximum absolute atomic E-state index is 12.4. The Balaban J connectivity index is 1.98. The quantitative estimate of drug-likeness (QED) is 0.775. The summed E-state index contributed by atoms with van der Waals surface area (Å²) in [5, 5.41) is 1.07. The van der Waals surface area contributed by atoms with Crippen molar-refractivity contribution in [3.63, 3.8) is 0 Å². The fourth-order valence-electron chi connectivity index (χ4n) is 2.41. The average Bonchev–Trinajstić information content (AvgIpc) is 2.95. The molecule has 3 N–H and O–H groups in total. The van der Waals surface area contributed by atoms with Gasteiger partial charge in [0.25, 0.3) is 5.91 Å². The van der Waals surface area contributed by atoms with Gasteiger partial charge in [-0.15, -0.1) is 0 Å². The van der Waals surface area contributed by atoms with Crippen molar-refractivity contribution in [1.29, 1.82) is 0 Å². The van der Waals surface area contributed by atoms with Crippen molar-refractivity contribution in [1.82, 2.24) is 9.88 Å². The predicted octanol–water partition coefficient (Wildman–Crippen LogP) is 1.34. The lowest BCUT2D eigenvalue weighted by Crippen LogP contribution is -2.32. The van der Waals surface area contributed by atoms with Gasteiger partial charge in [-0.2, -0.15) is 0 Å². The SMILES string of the molecule is N[C@@H]1CCN(C(=O)c2cccc3cc[nH]c23)C1. The Morgan fingerprint density at radius 1 is 1.41 bits per heavy atom. The van der Waals surface area contributed by atoms with Crippen molar-refractivity contribution >= 4 is 16.8 Å². The molecule has 3 rings (SSSR count). The molecule has 0 spiro atoms. The van der Waals surface area contributed by atoms with E-state index in [1.54, 1.807) is 0 Å². The molecular formula is C13H15N3O. The summed E-state index contributed by atoms with van der Waals surface area (Å²) in [6.45, 7) is 1.42. The minimum Gasteiger partial charge on any atom is -0.361 e. The highest BCUT2D eigenvalue weighted by Crippen LogP contribution is 2.20. The summed E-state index contributed by atoms with van der Waals surface area (Å²) >= 11 is 0. The number of para-hydroxylation sites is 1. The van der Waals surface area contributed by atoms with Crippen LogP contribution < -0.4 is 5.73 Å². The van der Waals surface area contributed by atoms with Crippen molar-refractivity contribution in [2.45, 2.75) is 12.5 Å². The van der Waals surface area contributed by atoms with Gasteiger partial charge < -0.3 is 15.6 Å². The number of amides is 1. The first-order valence-corrected chi connectivity index (χ1v) is 5.86. The normalized spacial score (nSPS) is 20.1. The van der Waals surface area contributed by atoms with Crippen LogP contribution in [0, 0.1) is 0 Å². The number of fused-ring (bicyclic) bond motifs is 1. The number of aromatic amines is 1. The van der Waals surface area contributed by atoms with Gasteiger partial charge in [0.1, 0.15) is 0 Å². The van der Waals surface area contributed by atoms with Crippen LogP contribution in [0.25, 0.3) is 10.9 Å². The van der Waals surface area contributed by atoms with Crippen molar-refractivity contribution in [2.75, 3.05) is 13.1 Å². The van der Waals surface area contributed by atoms with Crippen LogP contribution in [0.3, 0.4) is 0 Å². The molecule has 1 atom stereocenters. The van der Waals surface area contributed by atoms with Crippen LogP contribution in [0.1, 0.15) is 16.8 Å². The van der Waals surface area contributed by atoms with E-state index in [4.69, 9.17) is 5.73 Å². The van der Waals surface area contributed by atoms with Crippen LogP contribution in [-0.2, 0) is 0 Å². The number of nitrogens with one attached hydrogen (secondary N) is 1. The average molecular weight is 229 g/mol. The Morgan fingerprint density at radius 3 is 3.06 bits per heavy atom. The molecule has 2 aromatic rings. The molecule has 4 nitrogen and oxygen atoms in total. The van der Waals surface area contributed by atoms with Crippen molar-refractivity contribution in [2.24, 2.45) is 5.73 Å². The summed E-state index contributed by atoms with van der Waals surface area (Å²) in [4.78, 5) is 17.3. The molecule has 0 unspecified atom stereocenters. The summed E-state index contributed by atoms with van der Waals surface area (Å²) in [5.41, 5.74) is 7.48. The molecule has 1 aromatic carbocycles. The number of likely N-dealkylation sites (tertiary alicyclic amines) is 1. The van der Waals surface area contributed by atoms with E-state index in [9.17, 15) is 4.79 Å². The van der Waals surface area contributed by atoms with Gasteiger partial charge in [0.2, 0.25) is 0 Å². The molecule has 17 heavy (non-hydrogen) atoms. The number of hydrogen-bond acceptors (Lipinski definition) is 2. The van der Waals surface area contributed by atoms with Gasteiger partial charge in [0, 0.05) is 30.7 Å². The zero-order chi connectivity index (χ0) is 11.8. The number of carbonyl (C=O) groups excluding carboxylic acids is 1. The molecule has 1 fully saturated rings. The first-order chi connectivity index (χ1) is 8.25. The third-order valence-corrected chi connectivity index (χ3v) is 3.33. The summed E-state index contributed by atoms with van der Waals surface area (Å²) in [7, 11) is 0. The fourth-order valence-corrected chi connectivity index (χ4v) is 2.41. The number of hydrogen-bond donors (Lipinski definition) is 2. The standard InChI is InChI=1S/C13H15N3O/c14-10-5-7-16(8-10)13(17)11-3-1-2-9-4-6-15-12(9)11/h1-4,6,10,15H,5,7-8,14H2/t10-/m1/s1. The molecule has 2 heterocycles. The van der Waals surface area contributed by atoms with Gasteiger partial charge >= 0.3 is 0 Å². The highest BCUT2D eigenvalue weighted by molar-refractivity contribution is 6.05. The number of benzene rings is 1. The van der Waals surface area contributed by atoms with Crippen molar-refractivity contribution in [3.8, 4) is 0 Å². The lowest BCUT2D eigenvalue weighted by Gasteiger charge is -2.16. The fraction of sp³-hybridized carbons (Fsp3) is 0.308. The number of carbonyl (C=O) groups is 1. The van der Waals surface area contributed by atoms with Crippen LogP contribution in [0.15, 0.2) is 30.5 Å². The maximum atomic E-state index is 12.4. The number of rotatable bonds is 1. The Hall–Kier alpha value is -1.81. The molecule has 1 saturated heterocycles. The lowest BCUT2D eigenvalue weighted by molar-refractivity contribution is 0.0792. The molecule has 1 aromatic heterocycles. The van der Waals surface area contributed by atoms with Crippen molar-refractivity contribution < 1.29 is 4.79 Å². The van der Waals surface area contributed by atoms with E-state index in [-0.39, 0.29) is 11.9 Å². The van der Waals surface area contributed by atoms with Crippen LogP contribution in [0.4, 0.5) is 0 Å². The second kappa shape index (κ2) is 3.89. The number of nitrogens with two attached hydrogens (primary N) is 1. The molecule has 0 saturated carbocycles. The van der Waals surface area contributed by atoms with Crippen LogP contribution in [0.5, 0.6) is 0 Å². The van der Waals surface area contributed by atoms with E-state index in [1.807, 2.05) is 35.4 Å². The maximum Gasteiger partial charge on any atom is 0.256 e. The zero-order valence-corrected chi connectivity index (χ0v) is 9.52. The Bertz CT molecular complexity index is 561. The van der Waals surface area contributed by atoms with Crippen LogP contribution in [0.2, 0.25) is 0 Å². The molecule has 0 bridgehead atoms. The first kappa shape index (κ1) is 10.4. The molecular weight excluding hydrogens is 214 g/mol. The number of aromatic nitrogens is 1. The first-order valence-electron chi connectivity index (χ1n) is 5.86. The smallest absolute Gasteiger partial charge is 0.256 e. The highest BCUT2D eigenvalue weighted by Gasteiger charge is 2.25. The second-order valence-corrected chi connectivity index (χ2v) is 4.55. The van der Waals surface area contributed by atoms with Gasteiger partial charge in [0.05, 0.1) is 11.1 Å². The van der Waals surface area contributed by atoms with E-state index in [2.05, 4.69) is 4.98 Å². The van der Waals surface area contributed by atoms with Gasteiger partial charge in [-0.25, -0.2) is 0 Å². The Labute approximate surface area is 99.4 Å². The predicted molar refractivity (Wildman–Crippen MR) is 66.8 cm³/mol. The lowest BCUT2D eigenvalue weighted by atomic mass is 10.1. The zero-order valence-electron chi connectivity index (χ0n) is 9.52. The molecule has 1 amide bonds. The number of nitrogens with zero attached hydrogens (tertiary/aromatic N) is 1. The third-order valence-electron chi connectivity index (χ3n) is 3.33. The summed E-state index contributed by atoms with van der Waals surface area (Å²) < 4.78 is 0. The van der Waals surface area contributed by atoms with E-state index >= 15 is 0 Å². The van der Waals surface area contributed by atoms with E-state index < -0.39 is 0 Å². The second-order valence-electron chi connectivity index (χ2n) is 4.55.